The fourth-order valence-electron chi connectivity index (χ4n) is 2.43. The van der Waals surface area contributed by atoms with E-state index in [9.17, 15) is 9.59 Å². The van der Waals surface area contributed by atoms with Crippen molar-refractivity contribution in [3.8, 4) is 5.75 Å². The molecule has 1 aromatic heterocycles. The van der Waals surface area contributed by atoms with Crippen LogP contribution in [0.5, 0.6) is 5.75 Å². The van der Waals surface area contributed by atoms with Crippen LogP contribution in [0.4, 0.5) is 5.69 Å². The Labute approximate surface area is 158 Å². The summed E-state index contributed by atoms with van der Waals surface area (Å²) in [4.78, 5) is 29.8. The van der Waals surface area contributed by atoms with Crippen molar-refractivity contribution in [2.45, 2.75) is 20.5 Å². The highest BCUT2D eigenvalue weighted by Gasteiger charge is 2.20. The lowest BCUT2D eigenvalue weighted by molar-refractivity contribution is -0.142. The standard InChI is InChI=1S/C20H24N2O5/c1-3-25-19(23)13-22(14-20(24)26-4-2)17-10-5-6-11-18(17)27-15-16-9-7-8-12-21-16/h5-12H,3-4,13-15H2,1-2H3. The predicted octanol–water partition coefficient (Wildman–Crippen LogP) is 2.59. The zero-order valence-corrected chi connectivity index (χ0v) is 15.6. The van der Waals surface area contributed by atoms with Gasteiger partial charge in [-0.3, -0.25) is 14.6 Å². The van der Waals surface area contributed by atoms with Gasteiger partial charge in [-0.2, -0.15) is 0 Å². The number of carbonyl (C=O) groups is 2. The Morgan fingerprint density at radius 2 is 1.56 bits per heavy atom. The maximum Gasteiger partial charge on any atom is 0.325 e. The number of carbonyl (C=O) groups excluding carboxylic acids is 2. The molecule has 0 N–H and O–H groups in total. The summed E-state index contributed by atoms with van der Waals surface area (Å²) in [7, 11) is 0. The van der Waals surface area contributed by atoms with Crippen LogP contribution in [0.3, 0.4) is 0 Å². The number of ether oxygens (including phenoxy) is 3. The molecule has 2 aromatic rings. The third kappa shape index (κ3) is 6.62. The Hall–Kier alpha value is -3.09. The normalized spacial score (nSPS) is 10.1. The van der Waals surface area contributed by atoms with Crippen LogP contribution < -0.4 is 9.64 Å². The molecule has 144 valence electrons. The zero-order chi connectivity index (χ0) is 19.5. The van der Waals surface area contributed by atoms with Crippen LogP contribution in [0.1, 0.15) is 19.5 Å². The van der Waals surface area contributed by atoms with Crippen molar-refractivity contribution in [3.05, 3.63) is 54.4 Å². The Kier molecular flexibility index (Phi) is 8.09. The number of esters is 2. The minimum Gasteiger partial charge on any atom is -0.485 e. The van der Waals surface area contributed by atoms with Crippen molar-refractivity contribution in [1.82, 2.24) is 4.98 Å². The molecule has 0 saturated carbocycles. The molecule has 7 heteroatoms. The highest BCUT2D eigenvalue weighted by molar-refractivity contribution is 5.82. The monoisotopic (exact) mass is 372 g/mol. The second-order valence-corrected chi connectivity index (χ2v) is 5.54. The van der Waals surface area contributed by atoms with Gasteiger partial charge in [0.05, 0.1) is 24.6 Å². The number of hydrogen-bond acceptors (Lipinski definition) is 7. The fraction of sp³-hybridized carbons (Fsp3) is 0.350. The predicted molar refractivity (Wildman–Crippen MR) is 100 cm³/mol. The number of benzene rings is 1. The van der Waals surface area contributed by atoms with Gasteiger partial charge >= 0.3 is 11.9 Å². The number of pyridine rings is 1. The van der Waals surface area contributed by atoms with Crippen molar-refractivity contribution in [1.29, 1.82) is 0 Å². The lowest BCUT2D eigenvalue weighted by atomic mass is 10.2. The number of rotatable bonds is 10. The Morgan fingerprint density at radius 3 is 2.15 bits per heavy atom. The average Bonchev–Trinajstić information content (AvgIpc) is 2.67. The van der Waals surface area contributed by atoms with Gasteiger partial charge < -0.3 is 19.1 Å². The maximum atomic E-state index is 12.0. The van der Waals surface area contributed by atoms with Crippen LogP contribution in [0, 0.1) is 0 Å². The van der Waals surface area contributed by atoms with E-state index in [0.29, 0.717) is 11.4 Å². The Bertz CT molecular complexity index is 716. The quantitative estimate of drug-likeness (QED) is 0.593. The molecule has 0 radical (unpaired) electrons. The third-order valence-electron chi connectivity index (χ3n) is 3.56. The first kappa shape index (κ1) is 20.2. The number of hydrogen-bond donors (Lipinski definition) is 0. The van der Waals surface area contributed by atoms with Crippen LogP contribution in [-0.4, -0.2) is 43.2 Å². The van der Waals surface area contributed by atoms with E-state index in [-0.39, 0.29) is 32.9 Å². The summed E-state index contributed by atoms with van der Waals surface area (Å²) in [5, 5.41) is 0. The van der Waals surface area contributed by atoms with Crippen molar-refractivity contribution >= 4 is 17.6 Å². The van der Waals surface area contributed by atoms with Crippen LogP contribution >= 0.6 is 0 Å². The zero-order valence-electron chi connectivity index (χ0n) is 15.6. The van der Waals surface area contributed by atoms with E-state index in [4.69, 9.17) is 14.2 Å². The molecule has 27 heavy (non-hydrogen) atoms. The van der Waals surface area contributed by atoms with Crippen molar-refractivity contribution < 1.29 is 23.8 Å². The van der Waals surface area contributed by atoms with E-state index in [2.05, 4.69) is 4.98 Å². The lowest BCUT2D eigenvalue weighted by Crippen LogP contribution is -2.36. The SMILES string of the molecule is CCOC(=O)CN(CC(=O)OCC)c1ccccc1OCc1ccccn1. The average molecular weight is 372 g/mol. The van der Waals surface area contributed by atoms with E-state index in [1.165, 1.54) is 0 Å². The van der Waals surface area contributed by atoms with Gasteiger partial charge in [-0.25, -0.2) is 0 Å². The lowest BCUT2D eigenvalue weighted by Gasteiger charge is -2.25. The van der Waals surface area contributed by atoms with Gasteiger partial charge in [-0.1, -0.05) is 18.2 Å². The molecule has 1 heterocycles. The summed E-state index contributed by atoms with van der Waals surface area (Å²) < 4.78 is 15.9. The van der Waals surface area contributed by atoms with Crippen LogP contribution in [0.25, 0.3) is 0 Å². The number of anilines is 1. The van der Waals surface area contributed by atoms with E-state index in [1.807, 2.05) is 30.3 Å². The van der Waals surface area contributed by atoms with Gasteiger partial charge in [0.2, 0.25) is 0 Å². The molecule has 0 amide bonds. The van der Waals surface area contributed by atoms with Gasteiger partial charge in [0.15, 0.2) is 0 Å². The Balaban J connectivity index is 2.19. The molecule has 0 bridgehead atoms. The van der Waals surface area contributed by atoms with Gasteiger partial charge in [0, 0.05) is 6.20 Å². The van der Waals surface area contributed by atoms with Crippen molar-refractivity contribution in [2.24, 2.45) is 0 Å². The molecule has 7 nitrogen and oxygen atoms in total. The fourth-order valence-corrected chi connectivity index (χ4v) is 2.43. The van der Waals surface area contributed by atoms with Gasteiger partial charge in [-0.05, 0) is 38.1 Å². The van der Waals surface area contributed by atoms with E-state index >= 15 is 0 Å². The van der Waals surface area contributed by atoms with Gasteiger partial charge in [0.1, 0.15) is 25.4 Å². The summed E-state index contributed by atoms with van der Waals surface area (Å²) in [6.07, 6.45) is 1.69. The summed E-state index contributed by atoms with van der Waals surface area (Å²) in [5.41, 5.74) is 1.38. The minimum absolute atomic E-state index is 0.0867. The second-order valence-electron chi connectivity index (χ2n) is 5.54. The van der Waals surface area contributed by atoms with Crippen molar-refractivity contribution in [3.63, 3.8) is 0 Å². The first-order valence-corrected chi connectivity index (χ1v) is 8.82. The molecule has 0 spiro atoms. The number of nitrogens with zero attached hydrogens (tertiary/aromatic N) is 2. The maximum absolute atomic E-state index is 12.0. The first-order chi connectivity index (χ1) is 13.1. The summed E-state index contributed by atoms with van der Waals surface area (Å²) in [5.74, 6) is -0.320. The number of para-hydroxylation sites is 2. The summed E-state index contributed by atoms with van der Waals surface area (Å²) in [6, 6.07) is 12.8. The smallest absolute Gasteiger partial charge is 0.325 e. The molecular formula is C20H24N2O5. The molecule has 0 aliphatic carbocycles. The largest absolute Gasteiger partial charge is 0.485 e. The Morgan fingerprint density at radius 1 is 0.926 bits per heavy atom. The van der Waals surface area contributed by atoms with Crippen molar-refractivity contribution in [2.75, 3.05) is 31.2 Å². The molecule has 0 aliphatic rings. The molecule has 0 saturated heterocycles. The highest BCUT2D eigenvalue weighted by atomic mass is 16.5. The van der Waals surface area contributed by atoms with Gasteiger partial charge in [-0.15, -0.1) is 0 Å². The van der Waals surface area contributed by atoms with Crippen LogP contribution in [-0.2, 0) is 25.7 Å². The van der Waals surface area contributed by atoms with Gasteiger partial charge in [0.25, 0.3) is 0 Å². The minimum atomic E-state index is -0.429. The highest BCUT2D eigenvalue weighted by Crippen LogP contribution is 2.28. The summed E-state index contributed by atoms with van der Waals surface area (Å²) >= 11 is 0. The third-order valence-corrected chi connectivity index (χ3v) is 3.56. The van der Waals surface area contributed by atoms with E-state index < -0.39 is 11.9 Å². The summed E-state index contributed by atoms with van der Waals surface area (Å²) in [6.45, 7) is 4.10. The molecule has 2 rings (SSSR count). The molecule has 0 fully saturated rings. The molecule has 1 aromatic carbocycles. The molecule has 0 unspecified atom stereocenters. The van der Waals surface area contributed by atoms with E-state index in [0.717, 1.165) is 5.69 Å². The van der Waals surface area contributed by atoms with Crippen LogP contribution in [0.2, 0.25) is 0 Å². The second kappa shape index (κ2) is 10.8. The first-order valence-electron chi connectivity index (χ1n) is 8.82. The van der Waals surface area contributed by atoms with E-state index in [1.54, 1.807) is 37.1 Å². The molecule has 0 aliphatic heterocycles. The topological polar surface area (TPSA) is 78.0 Å². The molecular weight excluding hydrogens is 348 g/mol. The van der Waals surface area contributed by atoms with Crippen LogP contribution in [0.15, 0.2) is 48.7 Å². The number of aromatic nitrogens is 1. The molecule has 0 atom stereocenters.